The summed E-state index contributed by atoms with van der Waals surface area (Å²) in [6, 6.07) is 31.6. The third kappa shape index (κ3) is 4.56. The zero-order valence-corrected chi connectivity index (χ0v) is 14.1. The molecule has 122 valence electrons. The summed E-state index contributed by atoms with van der Waals surface area (Å²) in [4.78, 5) is 0. The average molecular weight is 316 g/mol. The molecule has 1 unspecified atom stereocenters. The van der Waals surface area contributed by atoms with Crippen LogP contribution in [0.3, 0.4) is 0 Å². The van der Waals surface area contributed by atoms with E-state index in [0.717, 1.165) is 12.8 Å². The standard InChI is InChI=1S/C23H24O/c1-19(17-18-20-11-5-2-6-12-20)24-23(21-13-7-3-8-14-21)22-15-9-4-10-16-22/h2-16,19,23H,17-18H2,1H3. The maximum Gasteiger partial charge on any atom is 0.108 e. The molecule has 1 nitrogen and oxygen atoms in total. The van der Waals surface area contributed by atoms with E-state index < -0.39 is 0 Å². The van der Waals surface area contributed by atoms with Gasteiger partial charge in [-0.1, -0.05) is 91.0 Å². The van der Waals surface area contributed by atoms with Crippen molar-refractivity contribution in [3.8, 4) is 0 Å². The lowest BCUT2D eigenvalue weighted by atomic mass is 10.0. The van der Waals surface area contributed by atoms with Crippen molar-refractivity contribution >= 4 is 0 Å². The van der Waals surface area contributed by atoms with E-state index in [1.54, 1.807) is 0 Å². The predicted molar refractivity (Wildman–Crippen MR) is 100 cm³/mol. The van der Waals surface area contributed by atoms with Gasteiger partial charge in [0.15, 0.2) is 0 Å². The molecule has 0 aliphatic heterocycles. The highest BCUT2D eigenvalue weighted by atomic mass is 16.5. The second-order valence-corrected chi connectivity index (χ2v) is 6.17. The topological polar surface area (TPSA) is 9.23 Å². The summed E-state index contributed by atoms with van der Waals surface area (Å²) in [7, 11) is 0. The third-order valence-electron chi connectivity index (χ3n) is 4.26. The fourth-order valence-corrected chi connectivity index (χ4v) is 2.92. The minimum absolute atomic E-state index is 0.0156. The summed E-state index contributed by atoms with van der Waals surface area (Å²) in [5.41, 5.74) is 3.77. The highest BCUT2D eigenvalue weighted by Crippen LogP contribution is 2.28. The number of aryl methyl sites for hydroxylation is 1. The quantitative estimate of drug-likeness (QED) is 0.534. The Kier molecular flexibility index (Phi) is 5.81. The highest BCUT2D eigenvalue weighted by Gasteiger charge is 2.17. The Hall–Kier alpha value is -2.38. The Morgan fingerprint density at radius 1 is 0.667 bits per heavy atom. The van der Waals surface area contributed by atoms with Gasteiger partial charge in [-0.25, -0.2) is 0 Å². The van der Waals surface area contributed by atoms with Gasteiger partial charge >= 0.3 is 0 Å². The van der Waals surface area contributed by atoms with Gasteiger partial charge in [0.1, 0.15) is 6.10 Å². The fraction of sp³-hybridized carbons (Fsp3) is 0.217. The van der Waals surface area contributed by atoms with E-state index in [9.17, 15) is 0 Å². The summed E-state index contributed by atoms with van der Waals surface area (Å²) in [6.45, 7) is 2.17. The van der Waals surface area contributed by atoms with Crippen molar-refractivity contribution in [3.05, 3.63) is 108 Å². The Bertz CT molecular complexity index is 667. The predicted octanol–water partition coefficient (Wildman–Crippen LogP) is 5.81. The maximum absolute atomic E-state index is 6.44. The van der Waals surface area contributed by atoms with E-state index in [-0.39, 0.29) is 12.2 Å². The SMILES string of the molecule is CC(CCc1ccccc1)OC(c1ccccc1)c1ccccc1. The molecule has 0 aliphatic carbocycles. The van der Waals surface area contributed by atoms with E-state index >= 15 is 0 Å². The van der Waals surface area contributed by atoms with Crippen LogP contribution in [0.15, 0.2) is 91.0 Å². The molecule has 0 amide bonds. The molecule has 0 heterocycles. The molecule has 0 saturated carbocycles. The Morgan fingerprint density at radius 2 is 1.12 bits per heavy atom. The van der Waals surface area contributed by atoms with E-state index in [0.29, 0.717) is 0 Å². The minimum atomic E-state index is -0.0156. The molecule has 1 heteroatoms. The number of rotatable bonds is 7. The van der Waals surface area contributed by atoms with E-state index in [1.165, 1.54) is 16.7 Å². The number of benzene rings is 3. The van der Waals surface area contributed by atoms with Crippen molar-refractivity contribution in [2.24, 2.45) is 0 Å². The molecule has 0 bridgehead atoms. The first-order valence-electron chi connectivity index (χ1n) is 8.62. The molecular weight excluding hydrogens is 292 g/mol. The summed E-state index contributed by atoms with van der Waals surface area (Å²) < 4.78 is 6.44. The van der Waals surface area contributed by atoms with Crippen molar-refractivity contribution in [1.82, 2.24) is 0 Å². The van der Waals surface area contributed by atoms with Crippen molar-refractivity contribution in [2.75, 3.05) is 0 Å². The number of hydrogen-bond donors (Lipinski definition) is 0. The Morgan fingerprint density at radius 3 is 1.62 bits per heavy atom. The van der Waals surface area contributed by atoms with Crippen LogP contribution in [0, 0.1) is 0 Å². The van der Waals surface area contributed by atoms with Crippen LogP contribution >= 0.6 is 0 Å². The van der Waals surface area contributed by atoms with Gasteiger partial charge in [0.2, 0.25) is 0 Å². The molecule has 0 aromatic heterocycles. The molecule has 0 aliphatic rings. The van der Waals surface area contributed by atoms with Gasteiger partial charge in [-0.3, -0.25) is 0 Å². The summed E-state index contributed by atoms with van der Waals surface area (Å²) in [6.07, 6.45) is 2.23. The molecule has 24 heavy (non-hydrogen) atoms. The van der Waals surface area contributed by atoms with E-state index in [4.69, 9.17) is 4.74 Å². The smallest absolute Gasteiger partial charge is 0.108 e. The maximum atomic E-state index is 6.44. The van der Waals surface area contributed by atoms with Crippen LogP contribution < -0.4 is 0 Å². The zero-order chi connectivity index (χ0) is 16.6. The third-order valence-corrected chi connectivity index (χ3v) is 4.26. The first-order valence-corrected chi connectivity index (χ1v) is 8.62. The average Bonchev–Trinajstić information content (AvgIpc) is 2.67. The minimum Gasteiger partial charge on any atom is -0.366 e. The van der Waals surface area contributed by atoms with Crippen molar-refractivity contribution in [2.45, 2.75) is 32.0 Å². The molecule has 3 aromatic rings. The second kappa shape index (κ2) is 8.47. The molecule has 0 radical (unpaired) electrons. The lowest BCUT2D eigenvalue weighted by molar-refractivity contribution is 0.0149. The van der Waals surface area contributed by atoms with Gasteiger partial charge in [0.25, 0.3) is 0 Å². The summed E-state index contributed by atoms with van der Waals surface area (Å²) in [5, 5.41) is 0. The molecule has 0 N–H and O–H groups in total. The van der Waals surface area contributed by atoms with Crippen LogP contribution in [0.25, 0.3) is 0 Å². The normalized spacial score (nSPS) is 12.2. The van der Waals surface area contributed by atoms with E-state index in [2.05, 4.69) is 85.8 Å². The molecule has 0 saturated heterocycles. The van der Waals surface area contributed by atoms with Crippen LogP contribution in [0.5, 0.6) is 0 Å². The van der Waals surface area contributed by atoms with Gasteiger partial charge in [-0.15, -0.1) is 0 Å². The molecule has 1 atom stereocenters. The summed E-state index contributed by atoms with van der Waals surface area (Å²) >= 11 is 0. The monoisotopic (exact) mass is 316 g/mol. The van der Waals surface area contributed by atoms with Crippen LogP contribution in [-0.4, -0.2) is 6.10 Å². The van der Waals surface area contributed by atoms with Gasteiger partial charge < -0.3 is 4.74 Å². The van der Waals surface area contributed by atoms with Crippen LogP contribution in [0.2, 0.25) is 0 Å². The van der Waals surface area contributed by atoms with Gasteiger partial charge in [-0.2, -0.15) is 0 Å². The second-order valence-electron chi connectivity index (χ2n) is 6.17. The van der Waals surface area contributed by atoms with Gasteiger partial charge in [0.05, 0.1) is 6.10 Å². The lowest BCUT2D eigenvalue weighted by Gasteiger charge is -2.23. The first kappa shape index (κ1) is 16.5. The fourth-order valence-electron chi connectivity index (χ4n) is 2.92. The molecule has 3 rings (SSSR count). The highest BCUT2D eigenvalue weighted by molar-refractivity contribution is 5.30. The zero-order valence-electron chi connectivity index (χ0n) is 14.1. The van der Waals surface area contributed by atoms with Crippen molar-refractivity contribution in [3.63, 3.8) is 0 Å². The van der Waals surface area contributed by atoms with Gasteiger partial charge in [0, 0.05) is 0 Å². The van der Waals surface area contributed by atoms with Crippen LogP contribution in [-0.2, 0) is 11.2 Å². The van der Waals surface area contributed by atoms with Crippen LogP contribution in [0.4, 0.5) is 0 Å². The van der Waals surface area contributed by atoms with Crippen LogP contribution in [0.1, 0.15) is 36.1 Å². The van der Waals surface area contributed by atoms with Gasteiger partial charge in [-0.05, 0) is 36.5 Å². The lowest BCUT2D eigenvalue weighted by Crippen LogP contribution is -2.15. The number of ether oxygens (including phenoxy) is 1. The Labute approximate surface area is 144 Å². The molecule has 3 aromatic carbocycles. The molecular formula is C23H24O. The van der Waals surface area contributed by atoms with Crippen molar-refractivity contribution < 1.29 is 4.74 Å². The molecule has 0 spiro atoms. The largest absolute Gasteiger partial charge is 0.366 e. The van der Waals surface area contributed by atoms with Crippen molar-refractivity contribution in [1.29, 1.82) is 0 Å². The molecule has 0 fully saturated rings. The number of hydrogen-bond acceptors (Lipinski definition) is 1. The Balaban J connectivity index is 1.70. The first-order chi connectivity index (χ1) is 11.8. The summed E-state index contributed by atoms with van der Waals surface area (Å²) in [5.74, 6) is 0. The van der Waals surface area contributed by atoms with E-state index in [1.807, 2.05) is 12.1 Å².